The predicted molar refractivity (Wildman–Crippen MR) is 144 cm³/mol. The van der Waals surface area contributed by atoms with Crippen molar-refractivity contribution in [3.05, 3.63) is 98.1 Å². The molecule has 0 radical (unpaired) electrons. The number of nitrogens with one attached hydrogen (secondary N) is 1. The van der Waals surface area contributed by atoms with E-state index in [1.807, 2.05) is 25.1 Å². The van der Waals surface area contributed by atoms with Crippen LogP contribution in [0.5, 0.6) is 5.75 Å². The van der Waals surface area contributed by atoms with Crippen LogP contribution in [0, 0.1) is 10.5 Å². The van der Waals surface area contributed by atoms with Gasteiger partial charge in [-0.05, 0) is 101 Å². The predicted octanol–water partition coefficient (Wildman–Crippen LogP) is 4.71. The van der Waals surface area contributed by atoms with Crippen LogP contribution in [0.1, 0.15) is 27.0 Å². The molecule has 0 atom stereocenters. The Morgan fingerprint density at radius 1 is 1.11 bits per heavy atom. The molecule has 0 aromatic heterocycles. The van der Waals surface area contributed by atoms with Gasteiger partial charge >= 0.3 is 5.97 Å². The van der Waals surface area contributed by atoms with E-state index in [9.17, 15) is 14.4 Å². The van der Waals surface area contributed by atoms with Gasteiger partial charge in [-0.1, -0.05) is 30.3 Å². The van der Waals surface area contributed by atoms with E-state index in [0.717, 1.165) is 14.7 Å². The van der Waals surface area contributed by atoms with Crippen molar-refractivity contribution in [2.24, 2.45) is 0 Å². The Balaban J connectivity index is 1.53. The summed E-state index contributed by atoms with van der Waals surface area (Å²) >= 11 is 7.37. The molecular weight excluding hydrogens is 579 g/mol. The molecule has 3 aromatic carbocycles. The lowest BCUT2D eigenvalue weighted by atomic mass is 10.1. The number of rotatable bonds is 6. The maximum Gasteiger partial charge on any atom is 0.335 e. The van der Waals surface area contributed by atoms with Crippen LogP contribution < -0.4 is 15.0 Å². The molecule has 176 valence electrons. The summed E-state index contributed by atoms with van der Waals surface area (Å²) in [5.74, 6) is -1.41. The first-order valence-corrected chi connectivity index (χ1v) is 11.9. The van der Waals surface area contributed by atoms with Crippen LogP contribution in [0.2, 0.25) is 0 Å². The Hall–Kier alpha value is -3.57. The van der Waals surface area contributed by atoms with E-state index in [2.05, 4.69) is 27.9 Å². The molecule has 35 heavy (non-hydrogen) atoms. The van der Waals surface area contributed by atoms with Gasteiger partial charge in [0.1, 0.15) is 17.9 Å². The van der Waals surface area contributed by atoms with Gasteiger partial charge in [-0.25, -0.2) is 4.79 Å². The number of anilines is 1. The second-order valence-corrected chi connectivity index (χ2v) is 9.33. The van der Waals surface area contributed by atoms with E-state index < -0.39 is 17.8 Å². The van der Waals surface area contributed by atoms with Crippen LogP contribution in [0.25, 0.3) is 6.08 Å². The fourth-order valence-electron chi connectivity index (χ4n) is 3.45. The molecule has 4 rings (SSSR count). The number of carbonyl (C=O) groups excluding carboxylic acids is 2. The molecule has 2 N–H and O–H groups in total. The Kier molecular flexibility index (Phi) is 7.27. The topological polar surface area (TPSA) is 95.9 Å². The smallest absolute Gasteiger partial charge is 0.335 e. The normalized spacial score (nSPS) is 14.7. The van der Waals surface area contributed by atoms with Gasteiger partial charge in [0.2, 0.25) is 0 Å². The maximum atomic E-state index is 13.2. The van der Waals surface area contributed by atoms with E-state index >= 15 is 0 Å². The average Bonchev–Trinajstić information content (AvgIpc) is 2.81. The van der Waals surface area contributed by atoms with E-state index in [0.29, 0.717) is 17.0 Å². The van der Waals surface area contributed by atoms with Gasteiger partial charge < -0.3 is 9.84 Å². The second-order valence-electron chi connectivity index (χ2n) is 7.78. The van der Waals surface area contributed by atoms with Crippen LogP contribution in [0.15, 0.2) is 72.3 Å². The van der Waals surface area contributed by atoms with Gasteiger partial charge in [0.05, 0.1) is 14.8 Å². The third-order valence-electron chi connectivity index (χ3n) is 5.22. The van der Waals surface area contributed by atoms with Crippen molar-refractivity contribution in [3.8, 4) is 5.75 Å². The van der Waals surface area contributed by atoms with Crippen molar-refractivity contribution in [1.82, 2.24) is 5.32 Å². The monoisotopic (exact) mass is 598 g/mol. The van der Waals surface area contributed by atoms with Crippen molar-refractivity contribution in [3.63, 3.8) is 0 Å². The number of ether oxygens (including phenoxy) is 1. The number of carbonyl (C=O) groups is 3. The highest BCUT2D eigenvalue weighted by atomic mass is 127. The molecule has 0 bridgehead atoms. The second kappa shape index (κ2) is 10.4. The minimum absolute atomic E-state index is 0.0249. The number of hydrogen-bond donors (Lipinski definition) is 2. The van der Waals surface area contributed by atoms with Crippen LogP contribution in [0.4, 0.5) is 5.69 Å². The number of halogens is 1. The molecule has 3 aromatic rings. The van der Waals surface area contributed by atoms with Crippen molar-refractivity contribution >= 4 is 69.5 Å². The SMILES string of the molecule is Cc1cccc(N2C(=O)/C(=C/c3ccc(OCc4ccc(C(=O)O)cc4)c(I)c3)C(=O)NC2=S)c1. The number of carboxylic acid groups (broad SMARTS) is 1. The molecule has 7 nitrogen and oxygen atoms in total. The van der Waals surface area contributed by atoms with Gasteiger partial charge in [0.25, 0.3) is 11.8 Å². The fourth-order valence-corrected chi connectivity index (χ4v) is 4.43. The van der Waals surface area contributed by atoms with E-state index in [-0.39, 0.29) is 22.9 Å². The molecule has 1 aliphatic rings. The highest BCUT2D eigenvalue weighted by Gasteiger charge is 2.34. The molecule has 1 aliphatic heterocycles. The zero-order valence-corrected chi connectivity index (χ0v) is 21.4. The number of thiocarbonyl (C=S) groups is 1. The molecule has 0 aliphatic carbocycles. The molecule has 0 unspecified atom stereocenters. The van der Waals surface area contributed by atoms with Crippen LogP contribution in [-0.4, -0.2) is 28.0 Å². The summed E-state index contributed by atoms with van der Waals surface area (Å²) in [5.41, 5.74) is 3.22. The summed E-state index contributed by atoms with van der Waals surface area (Å²) in [6, 6.07) is 19.1. The lowest BCUT2D eigenvalue weighted by Crippen LogP contribution is -2.54. The van der Waals surface area contributed by atoms with Gasteiger partial charge in [0, 0.05) is 0 Å². The molecule has 2 amide bonds. The van der Waals surface area contributed by atoms with Crippen molar-refractivity contribution in [2.75, 3.05) is 4.90 Å². The Labute approximate surface area is 220 Å². The first-order chi connectivity index (χ1) is 16.7. The summed E-state index contributed by atoms with van der Waals surface area (Å²) in [6.07, 6.45) is 1.53. The Bertz CT molecular complexity index is 1380. The standard InChI is InChI=1S/C26H19IN2O5S/c1-15-3-2-4-19(11-15)29-24(31)20(23(30)28-26(29)35)12-17-7-10-22(21(27)13-17)34-14-16-5-8-18(9-6-16)25(32)33/h2-13H,14H2,1H3,(H,32,33)(H,28,30,35)/b20-12+. The zero-order chi connectivity index (χ0) is 25.1. The quantitative estimate of drug-likeness (QED) is 0.185. The largest absolute Gasteiger partial charge is 0.488 e. The molecule has 1 heterocycles. The van der Waals surface area contributed by atoms with E-state index in [4.69, 9.17) is 22.1 Å². The third-order valence-corrected chi connectivity index (χ3v) is 6.35. The molecule has 0 spiro atoms. The summed E-state index contributed by atoms with van der Waals surface area (Å²) in [7, 11) is 0. The van der Waals surface area contributed by atoms with Crippen LogP contribution in [0.3, 0.4) is 0 Å². The average molecular weight is 598 g/mol. The molecule has 9 heteroatoms. The Morgan fingerprint density at radius 2 is 1.86 bits per heavy atom. The molecule has 0 saturated carbocycles. The van der Waals surface area contributed by atoms with Gasteiger partial charge in [0.15, 0.2) is 5.11 Å². The lowest BCUT2D eigenvalue weighted by molar-refractivity contribution is -0.122. The number of carboxylic acids is 1. The first kappa shape index (κ1) is 24.6. The van der Waals surface area contributed by atoms with Crippen molar-refractivity contribution in [2.45, 2.75) is 13.5 Å². The summed E-state index contributed by atoms with van der Waals surface area (Å²) in [4.78, 5) is 38.0. The van der Waals surface area contributed by atoms with Gasteiger partial charge in [-0.3, -0.25) is 19.8 Å². The first-order valence-electron chi connectivity index (χ1n) is 10.5. The van der Waals surface area contributed by atoms with E-state index in [1.54, 1.807) is 36.4 Å². The third kappa shape index (κ3) is 5.57. The summed E-state index contributed by atoms with van der Waals surface area (Å²) in [6.45, 7) is 2.17. The van der Waals surface area contributed by atoms with Crippen LogP contribution >= 0.6 is 34.8 Å². The maximum absolute atomic E-state index is 13.2. The summed E-state index contributed by atoms with van der Waals surface area (Å²) in [5, 5.41) is 11.6. The Morgan fingerprint density at radius 3 is 2.51 bits per heavy atom. The number of amides is 2. The van der Waals surface area contributed by atoms with E-state index in [1.165, 1.54) is 23.1 Å². The highest BCUT2D eigenvalue weighted by Crippen LogP contribution is 2.26. The van der Waals surface area contributed by atoms with Crippen molar-refractivity contribution < 1.29 is 24.2 Å². The van der Waals surface area contributed by atoms with Crippen LogP contribution in [-0.2, 0) is 16.2 Å². The minimum Gasteiger partial charge on any atom is -0.488 e. The summed E-state index contributed by atoms with van der Waals surface area (Å²) < 4.78 is 6.65. The minimum atomic E-state index is -0.981. The molecule has 1 fully saturated rings. The number of benzene rings is 3. The van der Waals surface area contributed by atoms with Gasteiger partial charge in [-0.15, -0.1) is 0 Å². The zero-order valence-electron chi connectivity index (χ0n) is 18.4. The highest BCUT2D eigenvalue weighted by molar-refractivity contribution is 14.1. The lowest BCUT2D eigenvalue weighted by Gasteiger charge is -2.29. The fraction of sp³-hybridized carbons (Fsp3) is 0.0769. The molecule has 1 saturated heterocycles. The number of hydrogen-bond acceptors (Lipinski definition) is 5. The molecular formula is C26H19IN2O5S. The van der Waals surface area contributed by atoms with Crippen molar-refractivity contribution in [1.29, 1.82) is 0 Å². The number of nitrogens with zero attached hydrogens (tertiary/aromatic N) is 1. The number of aryl methyl sites for hydroxylation is 1. The van der Waals surface area contributed by atoms with Gasteiger partial charge in [-0.2, -0.15) is 0 Å². The number of aromatic carboxylic acids is 1.